The Hall–Kier alpha value is -0.530. The molecule has 0 aromatic rings. The maximum absolute atomic E-state index is 10.8. The molecular formula is C10H21NO. The number of rotatable bonds is 2. The second-order valence-corrected chi connectivity index (χ2v) is 4.64. The van der Waals surface area contributed by atoms with Gasteiger partial charge in [0, 0.05) is 13.0 Å². The van der Waals surface area contributed by atoms with Gasteiger partial charge < -0.3 is 5.32 Å². The second kappa shape index (κ2) is 3.92. The molecule has 2 unspecified atom stereocenters. The van der Waals surface area contributed by atoms with Crippen molar-refractivity contribution in [2.24, 2.45) is 11.3 Å². The lowest BCUT2D eigenvalue weighted by Gasteiger charge is -2.32. The molecule has 0 heterocycles. The van der Waals surface area contributed by atoms with Crippen LogP contribution in [0.2, 0.25) is 0 Å². The predicted molar refractivity (Wildman–Crippen MR) is 51.9 cm³/mol. The molecule has 72 valence electrons. The summed E-state index contributed by atoms with van der Waals surface area (Å²) < 4.78 is 0. The van der Waals surface area contributed by atoms with E-state index in [9.17, 15) is 4.79 Å². The normalized spacial score (nSPS) is 16.8. The van der Waals surface area contributed by atoms with E-state index in [0.717, 1.165) is 0 Å². The molecule has 1 amide bonds. The Kier molecular flexibility index (Phi) is 3.75. The van der Waals surface area contributed by atoms with Gasteiger partial charge in [-0.1, -0.05) is 27.7 Å². The third kappa shape index (κ3) is 3.74. The number of amides is 1. The Morgan fingerprint density at radius 1 is 1.25 bits per heavy atom. The Labute approximate surface area is 75.7 Å². The Morgan fingerprint density at radius 2 is 1.67 bits per heavy atom. The zero-order valence-corrected chi connectivity index (χ0v) is 9.06. The lowest BCUT2D eigenvalue weighted by atomic mass is 9.78. The monoisotopic (exact) mass is 171 g/mol. The van der Waals surface area contributed by atoms with Gasteiger partial charge in [0.25, 0.3) is 0 Å². The molecule has 0 spiro atoms. The summed E-state index contributed by atoms with van der Waals surface area (Å²) in [6.45, 7) is 12.4. The van der Waals surface area contributed by atoms with Crippen LogP contribution in [0.25, 0.3) is 0 Å². The third-order valence-corrected chi connectivity index (χ3v) is 2.55. The highest BCUT2D eigenvalue weighted by atomic mass is 16.1. The minimum Gasteiger partial charge on any atom is -0.354 e. The van der Waals surface area contributed by atoms with Crippen molar-refractivity contribution in [3.8, 4) is 0 Å². The van der Waals surface area contributed by atoms with Crippen LogP contribution < -0.4 is 5.32 Å². The van der Waals surface area contributed by atoms with E-state index < -0.39 is 0 Å². The minimum atomic E-state index is 0.0543. The number of hydrogen-bond donors (Lipinski definition) is 1. The molecule has 0 aliphatic rings. The van der Waals surface area contributed by atoms with E-state index in [-0.39, 0.29) is 17.4 Å². The molecule has 2 nitrogen and oxygen atoms in total. The summed E-state index contributed by atoms with van der Waals surface area (Å²) in [5.41, 5.74) is 0.252. The Bertz CT molecular complexity index is 158. The summed E-state index contributed by atoms with van der Waals surface area (Å²) in [5, 5.41) is 2.91. The van der Waals surface area contributed by atoms with Gasteiger partial charge in [-0.3, -0.25) is 4.79 Å². The molecule has 0 aliphatic carbocycles. The first-order valence-corrected chi connectivity index (χ1v) is 4.52. The fraction of sp³-hybridized carbons (Fsp3) is 0.900. The van der Waals surface area contributed by atoms with Gasteiger partial charge in [0.05, 0.1) is 0 Å². The average Bonchev–Trinajstić information content (AvgIpc) is 1.82. The van der Waals surface area contributed by atoms with Crippen LogP contribution in [0.1, 0.15) is 41.5 Å². The van der Waals surface area contributed by atoms with E-state index in [1.807, 2.05) is 0 Å². The summed E-state index contributed by atoms with van der Waals surface area (Å²) in [4.78, 5) is 10.8. The van der Waals surface area contributed by atoms with Gasteiger partial charge >= 0.3 is 0 Å². The van der Waals surface area contributed by atoms with Crippen molar-refractivity contribution in [1.29, 1.82) is 0 Å². The lowest BCUT2D eigenvalue weighted by Crippen LogP contribution is -2.40. The van der Waals surface area contributed by atoms with Gasteiger partial charge in [0.15, 0.2) is 0 Å². The molecule has 0 fully saturated rings. The van der Waals surface area contributed by atoms with Gasteiger partial charge in [0.2, 0.25) is 5.91 Å². The van der Waals surface area contributed by atoms with Crippen molar-refractivity contribution in [2.75, 3.05) is 0 Å². The van der Waals surface area contributed by atoms with E-state index in [4.69, 9.17) is 0 Å². The molecule has 0 saturated carbocycles. The fourth-order valence-electron chi connectivity index (χ4n) is 1.20. The zero-order chi connectivity index (χ0) is 9.94. The maximum Gasteiger partial charge on any atom is 0.217 e. The van der Waals surface area contributed by atoms with E-state index in [0.29, 0.717) is 5.92 Å². The van der Waals surface area contributed by atoms with Gasteiger partial charge in [-0.25, -0.2) is 0 Å². The topological polar surface area (TPSA) is 29.1 Å². The van der Waals surface area contributed by atoms with Crippen LogP contribution in [-0.2, 0) is 4.79 Å². The van der Waals surface area contributed by atoms with Crippen LogP contribution in [0.3, 0.4) is 0 Å². The van der Waals surface area contributed by atoms with E-state index in [2.05, 4.69) is 39.9 Å². The molecule has 0 aromatic heterocycles. The van der Waals surface area contributed by atoms with E-state index >= 15 is 0 Å². The van der Waals surface area contributed by atoms with Crippen LogP contribution >= 0.6 is 0 Å². The van der Waals surface area contributed by atoms with Crippen LogP contribution in [0.4, 0.5) is 0 Å². The molecule has 0 bridgehead atoms. The van der Waals surface area contributed by atoms with Gasteiger partial charge in [-0.05, 0) is 18.3 Å². The van der Waals surface area contributed by atoms with Crippen LogP contribution in [0.5, 0.6) is 0 Å². The van der Waals surface area contributed by atoms with Crippen LogP contribution in [0.15, 0.2) is 0 Å². The first-order valence-electron chi connectivity index (χ1n) is 4.52. The van der Waals surface area contributed by atoms with Gasteiger partial charge in [-0.15, -0.1) is 0 Å². The summed E-state index contributed by atoms with van der Waals surface area (Å²) in [7, 11) is 0. The zero-order valence-electron chi connectivity index (χ0n) is 9.06. The van der Waals surface area contributed by atoms with Gasteiger partial charge in [-0.2, -0.15) is 0 Å². The summed E-state index contributed by atoms with van der Waals surface area (Å²) in [6, 6.07) is 0.252. The third-order valence-electron chi connectivity index (χ3n) is 2.55. The lowest BCUT2D eigenvalue weighted by molar-refractivity contribution is -0.120. The summed E-state index contributed by atoms with van der Waals surface area (Å²) in [6.07, 6.45) is 0. The minimum absolute atomic E-state index is 0.0543. The molecule has 0 aromatic carbocycles. The second-order valence-electron chi connectivity index (χ2n) is 4.64. The van der Waals surface area contributed by atoms with Gasteiger partial charge in [0.1, 0.15) is 0 Å². The quantitative estimate of drug-likeness (QED) is 0.678. The van der Waals surface area contributed by atoms with Crippen molar-refractivity contribution in [3.05, 3.63) is 0 Å². The highest BCUT2D eigenvalue weighted by Crippen LogP contribution is 2.27. The molecule has 0 aliphatic heterocycles. The van der Waals surface area contributed by atoms with Crippen molar-refractivity contribution < 1.29 is 4.79 Å². The number of carbonyl (C=O) groups excluding carboxylic acids is 1. The number of hydrogen-bond acceptors (Lipinski definition) is 1. The molecule has 0 rings (SSSR count). The largest absolute Gasteiger partial charge is 0.354 e. The standard InChI is InChI=1S/C10H21NO/c1-7(10(4,5)6)8(2)11-9(3)12/h7-8H,1-6H3,(H,11,12). The first kappa shape index (κ1) is 11.5. The highest BCUT2D eigenvalue weighted by molar-refractivity contribution is 5.73. The summed E-state index contributed by atoms with van der Waals surface area (Å²) >= 11 is 0. The van der Waals surface area contributed by atoms with Crippen molar-refractivity contribution in [2.45, 2.75) is 47.6 Å². The fourth-order valence-corrected chi connectivity index (χ4v) is 1.20. The number of carbonyl (C=O) groups is 1. The average molecular weight is 171 g/mol. The van der Waals surface area contributed by atoms with E-state index in [1.54, 1.807) is 6.92 Å². The molecule has 2 atom stereocenters. The molecule has 2 heteroatoms. The smallest absolute Gasteiger partial charge is 0.217 e. The molecular weight excluding hydrogens is 150 g/mol. The van der Waals surface area contributed by atoms with Crippen molar-refractivity contribution in [1.82, 2.24) is 5.32 Å². The molecule has 0 saturated heterocycles. The molecule has 1 N–H and O–H groups in total. The molecule has 0 radical (unpaired) electrons. The number of nitrogens with one attached hydrogen (secondary N) is 1. The predicted octanol–water partition coefficient (Wildman–Crippen LogP) is 2.19. The Balaban J connectivity index is 4.10. The highest BCUT2D eigenvalue weighted by Gasteiger charge is 2.25. The van der Waals surface area contributed by atoms with Crippen molar-refractivity contribution in [3.63, 3.8) is 0 Å². The Morgan fingerprint density at radius 3 is 1.92 bits per heavy atom. The van der Waals surface area contributed by atoms with E-state index in [1.165, 1.54) is 0 Å². The van der Waals surface area contributed by atoms with Crippen LogP contribution in [0, 0.1) is 11.3 Å². The van der Waals surface area contributed by atoms with Crippen molar-refractivity contribution >= 4 is 5.91 Å². The first-order chi connectivity index (χ1) is 5.25. The maximum atomic E-state index is 10.8. The SMILES string of the molecule is CC(=O)NC(C)C(C)C(C)(C)C. The van der Waals surface area contributed by atoms with Crippen LogP contribution in [-0.4, -0.2) is 11.9 Å². The summed E-state index contributed by atoms with van der Waals surface area (Å²) in [5.74, 6) is 0.542. The molecule has 12 heavy (non-hydrogen) atoms.